The van der Waals surface area contributed by atoms with Gasteiger partial charge >= 0.3 is 0 Å². The summed E-state index contributed by atoms with van der Waals surface area (Å²) in [4.78, 5) is 10.6. The lowest BCUT2D eigenvalue weighted by atomic mass is 10.1. The minimum absolute atomic E-state index is 0.184. The van der Waals surface area contributed by atoms with E-state index in [1.165, 1.54) is 6.42 Å². The fourth-order valence-electron chi connectivity index (χ4n) is 3.49. The number of ether oxygens (including phenoxy) is 1. The van der Waals surface area contributed by atoms with Gasteiger partial charge in [0.1, 0.15) is 11.9 Å². The molecular formula is C20H22BrN3O. The molecule has 25 heavy (non-hydrogen) atoms. The van der Waals surface area contributed by atoms with Gasteiger partial charge in [-0.2, -0.15) is 0 Å². The van der Waals surface area contributed by atoms with E-state index in [1.54, 1.807) is 0 Å². The number of halogens is 1. The summed E-state index contributed by atoms with van der Waals surface area (Å²) in [5.41, 5.74) is 3.13. The smallest absolute Gasteiger partial charge is 0.141 e. The highest BCUT2D eigenvalue weighted by Gasteiger charge is 2.24. The molecule has 1 aliphatic rings. The average molecular weight is 400 g/mol. The van der Waals surface area contributed by atoms with Gasteiger partial charge in [0, 0.05) is 11.0 Å². The van der Waals surface area contributed by atoms with Crippen molar-refractivity contribution in [3.05, 3.63) is 64.4 Å². The van der Waals surface area contributed by atoms with Crippen LogP contribution in [0.25, 0.3) is 11.0 Å². The fourth-order valence-corrected chi connectivity index (χ4v) is 3.91. The number of nitrogens with one attached hydrogen (secondary N) is 1. The number of hydrogen-bond donors (Lipinski definition) is 1. The molecule has 1 aromatic heterocycles. The summed E-state index contributed by atoms with van der Waals surface area (Å²) in [6.07, 6.45) is 1.01. The second-order valence-electron chi connectivity index (χ2n) is 6.82. The van der Waals surface area contributed by atoms with Crippen molar-refractivity contribution in [3.8, 4) is 0 Å². The molecule has 1 fully saturated rings. The summed E-state index contributed by atoms with van der Waals surface area (Å²) < 4.78 is 7.44. The van der Waals surface area contributed by atoms with E-state index >= 15 is 0 Å². The quantitative estimate of drug-likeness (QED) is 0.691. The Balaban J connectivity index is 1.63. The molecule has 4 rings (SSSR count). The van der Waals surface area contributed by atoms with Crippen LogP contribution in [0, 0.1) is 5.92 Å². The van der Waals surface area contributed by atoms with E-state index in [9.17, 15) is 0 Å². The van der Waals surface area contributed by atoms with Crippen LogP contribution >= 0.6 is 15.9 Å². The molecule has 5 heteroatoms. The number of imidazole rings is 1. The number of rotatable bonds is 5. The van der Waals surface area contributed by atoms with Gasteiger partial charge in [-0.05, 0) is 55.8 Å². The van der Waals surface area contributed by atoms with Crippen molar-refractivity contribution in [2.75, 3.05) is 26.7 Å². The predicted molar refractivity (Wildman–Crippen MR) is 104 cm³/mol. The number of aromatic nitrogens is 2. The molecule has 0 amide bonds. The van der Waals surface area contributed by atoms with Gasteiger partial charge in [0.15, 0.2) is 0 Å². The molecule has 130 valence electrons. The summed E-state index contributed by atoms with van der Waals surface area (Å²) >= 11 is 3.57. The lowest BCUT2D eigenvalue weighted by molar-refractivity contribution is 0.0500. The number of nitrogens with zero attached hydrogens (tertiary/aromatic N) is 2. The normalized spacial score (nSPS) is 19.5. The molecule has 2 aromatic carbocycles. The Hall–Kier alpha value is -1.69. The summed E-state index contributed by atoms with van der Waals surface area (Å²) in [5, 5.41) is 0. The van der Waals surface area contributed by atoms with Crippen molar-refractivity contribution in [2.45, 2.75) is 12.5 Å². The Morgan fingerprint density at radius 1 is 1.28 bits per heavy atom. The Kier molecular flexibility index (Phi) is 4.88. The third-order valence-electron chi connectivity index (χ3n) is 4.79. The molecule has 0 bridgehead atoms. The number of aromatic amines is 1. The fraction of sp³-hybridized carbons (Fsp3) is 0.350. The van der Waals surface area contributed by atoms with Crippen LogP contribution in [-0.2, 0) is 4.74 Å². The van der Waals surface area contributed by atoms with E-state index in [0.29, 0.717) is 5.92 Å². The van der Waals surface area contributed by atoms with E-state index in [-0.39, 0.29) is 6.10 Å². The average Bonchev–Trinajstić information content (AvgIpc) is 3.21. The maximum Gasteiger partial charge on any atom is 0.141 e. The number of para-hydroxylation sites is 2. The molecule has 1 N–H and O–H groups in total. The lowest BCUT2D eigenvalue weighted by Crippen LogP contribution is -2.19. The van der Waals surface area contributed by atoms with Gasteiger partial charge < -0.3 is 14.6 Å². The van der Waals surface area contributed by atoms with Gasteiger partial charge in [-0.1, -0.05) is 40.2 Å². The zero-order chi connectivity index (χ0) is 17.2. The zero-order valence-corrected chi connectivity index (χ0v) is 15.9. The first-order valence-corrected chi connectivity index (χ1v) is 9.48. The van der Waals surface area contributed by atoms with Gasteiger partial charge in [-0.3, -0.25) is 0 Å². The molecule has 3 aromatic rings. The van der Waals surface area contributed by atoms with E-state index in [2.05, 4.69) is 51.1 Å². The highest BCUT2D eigenvalue weighted by molar-refractivity contribution is 9.10. The summed E-state index contributed by atoms with van der Waals surface area (Å²) in [5.74, 6) is 1.45. The Labute approximate surface area is 156 Å². The van der Waals surface area contributed by atoms with Gasteiger partial charge in [0.25, 0.3) is 0 Å². The molecule has 0 spiro atoms. The molecule has 2 heterocycles. The minimum Gasteiger partial charge on any atom is -0.365 e. The summed E-state index contributed by atoms with van der Waals surface area (Å²) in [7, 11) is 2.17. The van der Waals surface area contributed by atoms with Gasteiger partial charge in [-0.25, -0.2) is 4.98 Å². The van der Waals surface area contributed by atoms with E-state index < -0.39 is 0 Å². The second kappa shape index (κ2) is 7.28. The van der Waals surface area contributed by atoms with Crippen LogP contribution in [0.3, 0.4) is 0 Å². The summed E-state index contributed by atoms with van der Waals surface area (Å²) in [6.45, 7) is 3.00. The van der Waals surface area contributed by atoms with Crippen LogP contribution in [0.1, 0.15) is 23.9 Å². The minimum atomic E-state index is -0.184. The molecule has 2 atom stereocenters. The molecule has 0 radical (unpaired) electrons. The maximum absolute atomic E-state index is 6.39. The SMILES string of the molecule is CN1CCC(COC(c2cccc(Br)c2)c2nc3ccccc3[nH]2)C1. The molecule has 0 aliphatic carbocycles. The van der Waals surface area contributed by atoms with Crippen LogP contribution in [-0.4, -0.2) is 41.6 Å². The zero-order valence-electron chi connectivity index (χ0n) is 14.3. The van der Waals surface area contributed by atoms with E-state index in [4.69, 9.17) is 9.72 Å². The van der Waals surface area contributed by atoms with E-state index in [0.717, 1.165) is 46.6 Å². The van der Waals surface area contributed by atoms with Crippen molar-refractivity contribution in [1.82, 2.24) is 14.9 Å². The summed E-state index contributed by atoms with van der Waals surface area (Å²) in [6, 6.07) is 16.4. The number of benzene rings is 2. The van der Waals surface area contributed by atoms with Crippen molar-refractivity contribution in [1.29, 1.82) is 0 Å². The van der Waals surface area contributed by atoms with Crippen molar-refractivity contribution in [2.24, 2.45) is 5.92 Å². The topological polar surface area (TPSA) is 41.1 Å². The molecule has 1 saturated heterocycles. The van der Waals surface area contributed by atoms with Crippen LogP contribution in [0.4, 0.5) is 0 Å². The first kappa shape index (κ1) is 16.8. The number of likely N-dealkylation sites (tertiary alicyclic amines) is 1. The van der Waals surface area contributed by atoms with Crippen LogP contribution < -0.4 is 0 Å². The van der Waals surface area contributed by atoms with E-state index in [1.807, 2.05) is 30.3 Å². The monoisotopic (exact) mass is 399 g/mol. The third kappa shape index (κ3) is 3.78. The largest absolute Gasteiger partial charge is 0.365 e. The van der Waals surface area contributed by atoms with Gasteiger partial charge in [0.05, 0.1) is 17.6 Å². The Morgan fingerprint density at radius 2 is 2.16 bits per heavy atom. The van der Waals surface area contributed by atoms with Crippen molar-refractivity contribution in [3.63, 3.8) is 0 Å². The Bertz CT molecular complexity index is 830. The highest BCUT2D eigenvalue weighted by Crippen LogP contribution is 2.29. The highest BCUT2D eigenvalue weighted by atomic mass is 79.9. The number of H-pyrrole nitrogens is 1. The molecule has 0 saturated carbocycles. The lowest BCUT2D eigenvalue weighted by Gasteiger charge is -2.19. The molecule has 1 aliphatic heterocycles. The maximum atomic E-state index is 6.39. The van der Waals surface area contributed by atoms with Gasteiger partial charge in [0.2, 0.25) is 0 Å². The molecule has 2 unspecified atom stereocenters. The van der Waals surface area contributed by atoms with Crippen LogP contribution in [0.15, 0.2) is 53.0 Å². The van der Waals surface area contributed by atoms with Crippen LogP contribution in [0.2, 0.25) is 0 Å². The van der Waals surface area contributed by atoms with Crippen molar-refractivity contribution < 1.29 is 4.74 Å². The third-order valence-corrected chi connectivity index (χ3v) is 5.29. The second-order valence-corrected chi connectivity index (χ2v) is 7.74. The van der Waals surface area contributed by atoms with Crippen LogP contribution in [0.5, 0.6) is 0 Å². The molecule has 4 nitrogen and oxygen atoms in total. The first-order chi connectivity index (χ1) is 12.2. The van der Waals surface area contributed by atoms with Crippen molar-refractivity contribution >= 4 is 27.0 Å². The first-order valence-electron chi connectivity index (χ1n) is 8.69. The van der Waals surface area contributed by atoms with Gasteiger partial charge in [-0.15, -0.1) is 0 Å². The number of hydrogen-bond acceptors (Lipinski definition) is 3. The number of fused-ring (bicyclic) bond motifs is 1. The predicted octanol–water partition coefficient (Wildman–Crippen LogP) is 4.38. The molecular weight excluding hydrogens is 378 g/mol. The Morgan fingerprint density at radius 3 is 2.92 bits per heavy atom. The standard InChI is InChI=1S/C20H22BrN3O/c1-24-10-9-14(12-24)13-25-19(15-5-4-6-16(21)11-15)20-22-17-7-2-3-8-18(17)23-20/h2-8,11,14,19H,9-10,12-13H2,1H3,(H,22,23).